The number of carbonyl (C=O) groups is 1. The van der Waals surface area contributed by atoms with E-state index in [2.05, 4.69) is 10.0 Å². The van der Waals surface area contributed by atoms with Gasteiger partial charge in [-0.15, -0.1) is 0 Å². The van der Waals surface area contributed by atoms with E-state index < -0.39 is 20.9 Å². The molecule has 0 atom stereocenters. The maximum Gasteiger partial charge on any atom is 0.271 e. The highest BCUT2D eigenvalue weighted by Gasteiger charge is 2.16. The summed E-state index contributed by atoms with van der Waals surface area (Å²) in [6.45, 7) is 1.70. The molecule has 24 heavy (non-hydrogen) atoms. The van der Waals surface area contributed by atoms with E-state index in [1.54, 1.807) is 6.92 Å². The number of rotatable bonds is 5. The number of nitro benzene ring substituents is 1. The quantitative estimate of drug-likeness (QED) is 0.633. The van der Waals surface area contributed by atoms with Crippen LogP contribution in [-0.2, 0) is 10.0 Å². The molecule has 2 aromatic rings. The smallest absolute Gasteiger partial charge is 0.271 e. The van der Waals surface area contributed by atoms with Crippen molar-refractivity contribution in [1.29, 1.82) is 0 Å². The van der Waals surface area contributed by atoms with Crippen LogP contribution >= 0.6 is 0 Å². The molecule has 0 radical (unpaired) electrons. The van der Waals surface area contributed by atoms with Crippen molar-refractivity contribution in [3.05, 3.63) is 63.7 Å². The molecule has 9 heteroatoms. The van der Waals surface area contributed by atoms with Crippen LogP contribution in [0, 0.1) is 17.0 Å². The lowest BCUT2D eigenvalue weighted by Crippen LogP contribution is -2.19. The Morgan fingerprint density at radius 2 is 1.88 bits per heavy atom. The minimum absolute atomic E-state index is 0.0478. The number of hydrogen-bond donors (Lipinski definition) is 2. The lowest BCUT2D eigenvalue weighted by molar-refractivity contribution is -0.384. The number of benzene rings is 2. The average Bonchev–Trinajstić information content (AvgIpc) is 2.56. The number of aryl methyl sites for hydroxylation is 1. The standard InChI is InChI=1S/C15H15N3O5S/c1-10-6-7-12(18(20)21)9-14(10)17-15(19)11-4-3-5-13(8-11)24(22,23)16-2/h3-9,16H,1-2H3,(H,17,19). The Hall–Kier alpha value is -2.78. The van der Waals surface area contributed by atoms with E-state index in [0.29, 0.717) is 5.56 Å². The van der Waals surface area contributed by atoms with Crippen molar-refractivity contribution < 1.29 is 18.1 Å². The summed E-state index contributed by atoms with van der Waals surface area (Å²) in [7, 11) is -2.40. The summed E-state index contributed by atoms with van der Waals surface area (Å²) >= 11 is 0. The molecule has 0 unspecified atom stereocenters. The number of hydrogen-bond acceptors (Lipinski definition) is 5. The van der Waals surface area contributed by atoms with Crippen LogP contribution in [-0.4, -0.2) is 26.3 Å². The van der Waals surface area contributed by atoms with Gasteiger partial charge in [0.1, 0.15) is 0 Å². The second kappa shape index (κ2) is 6.77. The van der Waals surface area contributed by atoms with Gasteiger partial charge in [0.15, 0.2) is 0 Å². The summed E-state index contributed by atoms with van der Waals surface area (Å²) < 4.78 is 25.7. The number of amides is 1. The van der Waals surface area contributed by atoms with Crippen molar-refractivity contribution in [3.63, 3.8) is 0 Å². The molecule has 1 amide bonds. The molecular formula is C15H15N3O5S. The van der Waals surface area contributed by atoms with Gasteiger partial charge in [-0.1, -0.05) is 12.1 Å². The highest BCUT2D eigenvalue weighted by Crippen LogP contribution is 2.22. The molecule has 0 aromatic heterocycles. The van der Waals surface area contributed by atoms with Crippen molar-refractivity contribution in [2.24, 2.45) is 0 Å². The second-order valence-corrected chi connectivity index (χ2v) is 6.83. The molecule has 2 N–H and O–H groups in total. The van der Waals surface area contributed by atoms with Gasteiger partial charge in [-0.2, -0.15) is 0 Å². The molecule has 2 aromatic carbocycles. The van der Waals surface area contributed by atoms with Crippen LogP contribution in [0.3, 0.4) is 0 Å². The predicted octanol–water partition coefficient (Wildman–Crippen LogP) is 2.06. The second-order valence-electron chi connectivity index (χ2n) is 4.95. The molecule has 0 aliphatic carbocycles. The lowest BCUT2D eigenvalue weighted by Gasteiger charge is -2.09. The Balaban J connectivity index is 2.33. The zero-order valence-corrected chi connectivity index (χ0v) is 13.8. The zero-order chi connectivity index (χ0) is 17.9. The number of sulfonamides is 1. The zero-order valence-electron chi connectivity index (χ0n) is 12.9. The molecule has 0 heterocycles. The Kier molecular flexibility index (Phi) is 4.96. The van der Waals surface area contributed by atoms with Crippen LogP contribution in [0.15, 0.2) is 47.4 Å². The van der Waals surface area contributed by atoms with Crippen LogP contribution in [0.5, 0.6) is 0 Å². The van der Waals surface area contributed by atoms with Gasteiger partial charge >= 0.3 is 0 Å². The number of non-ortho nitro benzene ring substituents is 1. The molecule has 0 saturated carbocycles. The minimum Gasteiger partial charge on any atom is -0.321 e. The van der Waals surface area contributed by atoms with E-state index in [9.17, 15) is 23.3 Å². The third-order valence-corrected chi connectivity index (χ3v) is 4.77. The van der Waals surface area contributed by atoms with Crippen LogP contribution < -0.4 is 10.0 Å². The van der Waals surface area contributed by atoms with Gasteiger partial charge in [-0.05, 0) is 37.7 Å². The van der Waals surface area contributed by atoms with Gasteiger partial charge in [0.25, 0.3) is 11.6 Å². The molecule has 2 rings (SSSR count). The van der Waals surface area contributed by atoms with E-state index in [1.165, 1.54) is 49.5 Å². The summed E-state index contributed by atoms with van der Waals surface area (Å²) in [6, 6.07) is 9.60. The van der Waals surface area contributed by atoms with Gasteiger partial charge in [0, 0.05) is 17.7 Å². The number of nitrogens with one attached hydrogen (secondary N) is 2. The van der Waals surface area contributed by atoms with E-state index in [-0.39, 0.29) is 21.8 Å². The monoisotopic (exact) mass is 349 g/mol. The largest absolute Gasteiger partial charge is 0.321 e. The van der Waals surface area contributed by atoms with Gasteiger partial charge in [-0.25, -0.2) is 13.1 Å². The Labute approximate surface area is 138 Å². The maximum absolute atomic E-state index is 12.3. The SMILES string of the molecule is CNS(=O)(=O)c1cccc(C(=O)Nc2cc([N+](=O)[O-])ccc2C)c1. The number of nitrogens with zero attached hydrogens (tertiary/aromatic N) is 1. The Bertz CT molecular complexity index is 909. The van der Waals surface area contributed by atoms with Crippen molar-refractivity contribution in [3.8, 4) is 0 Å². The molecule has 0 aliphatic rings. The molecule has 0 fully saturated rings. The fourth-order valence-electron chi connectivity index (χ4n) is 1.98. The highest BCUT2D eigenvalue weighted by molar-refractivity contribution is 7.89. The number of carbonyl (C=O) groups excluding carboxylic acids is 1. The molecule has 126 valence electrons. The molecule has 0 aliphatic heterocycles. The van der Waals surface area contributed by atoms with E-state index in [0.717, 1.165) is 0 Å². The third kappa shape index (κ3) is 3.76. The Morgan fingerprint density at radius 3 is 2.50 bits per heavy atom. The first-order chi connectivity index (χ1) is 11.2. The number of nitro groups is 1. The van der Waals surface area contributed by atoms with Crippen molar-refractivity contribution in [2.45, 2.75) is 11.8 Å². The molecule has 0 spiro atoms. The summed E-state index contributed by atoms with van der Waals surface area (Å²) in [5, 5.41) is 13.4. The first-order valence-corrected chi connectivity index (χ1v) is 8.33. The first-order valence-electron chi connectivity index (χ1n) is 6.84. The van der Waals surface area contributed by atoms with Gasteiger partial charge in [0.05, 0.1) is 15.5 Å². The molecular weight excluding hydrogens is 334 g/mol. The van der Waals surface area contributed by atoms with Gasteiger partial charge in [-0.3, -0.25) is 14.9 Å². The van der Waals surface area contributed by atoms with E-state index >= 15 is 0 Å². The summed E-state index contributed by atoms with van der Waals surface area (Å²) in [5.41, 5.74) is 0.906. The minimum atomic E-state index is -3.67. The van der Waals surface area contributed by atoms with Crippen LogP contribution in [0.2, 0.25) is 0 Å². The third-order valence-electron chi connectivity index (χ3n) is 3.36. The van der Waals surface area contributed by atoms with Crippen LogP contribution in [0.25, 0.3) is 0 Å². The number of anilines is 1. The Morgan fingerprint density at radius 1 is 1.17 bits per heavy atom. The molecule has 8 nitrogen and oxygen atoms in total. The molecule has 0 bridgehead atoms. The lowest BCUT2D eigenvalue weighted by atomic mass is 10.1. The average molecular weight is 349 g/mol. The van der Waals surface area contributed by atoms with Crippen LogP contribution in [0.1, 0.15) is 15.9 Å². The topological polar surface area (TPSA) is 118 Å². The summed E-state index contributed by atoms with van der Waals surface area (Å²) in [6.07, 6.45) is 0. The van der Waals surface area contributed by atoms with Crippen molar-refractivity contribution in [1.82, 2.24) is 4.72 Å². The maximum atomic E-state index is 12.3. The fraction of sp³-hybridized carbons (Fsp3) is 0.133. The van der Waals surface area contributed by atoms with E-state index in [4.69, 9.17) is 0 Å². The normalized spacial score (nSPS) is 11.1. The summed E-state index contributed by atoms with van der Waals surface area (Å²) in [5.74, 6) is -0.563. The predicted molar refractivity (Wildman–Crippen MR) is 88.5 cm³/mol. The highest BCUT2D eigenvalue weighted by atomic mass is 32.2. The van der Waals surface area contributed by atoms with Gasteiger partial charge in [0.2, 0.25) is 10.0 Å². The fourth-order valence-corrected chi connectivity index (χ4v) is 2.75. The summed E-state index contributed by atoms with van der Waals surface area (Å²) in [4.78, 5) is 22.5. The van der Waals surface area contributed by atoms with Gasteiger partial charge < -0.3 is 5.32 Å². The molecule has 0 saturated heterocycles. The van der Waals surface area contributed by atoms with Crippen molar-refractivity contribution >= 4 is 27.3 Å². The van der Waals surface area contributed by atoms with Crippen LogP contribution in [0.4, 0.5) is 11.4 Å². The van der Waals surface area contributed by atoms with Crippen molar-refractivity contribution in [2.75, 3.05) is 12.4 Å². The first kappa shape index (κ1) is 17.6. The van der Waals surface area contributed by atoms with E-state index in [1.807, 2.05) is 0 Å².